The third kappa shape index (κ3) is 13.6. The molecule has 16 nitrogen and oxygen atoms in total. The molecule has 0 fully saturated rings. The molecule has 6 aromatic rings. The van der Waals surface area contributed by atoms with E-state index >= 15 is 0 Å². The summed E-state index contributed by atoms with van der Waals surface area (Å²) in [7, 11) is -19.4. The van der Waals surface area contributed by atoms with E-state index in [0.29, 0.717) is 58.9 Å². The Morgan fingerprint density at radius 1 is 0.380 bits per heavy atom. The van der Waals surface area contributed by atoms with E-state index in [9.17, 15) is 64.8 Å². The zero-order valence-electron chi connectivity index (χ0n) is 40.9. The molecule has 0 radical (unpaired) electrons. The first-order valence-electron chi connectivity index (χ1n) is 23.8. The summed E-state index contributed by atoms with van der Waals surface area (Å²) in [6.45, 7) is 4.45. The van der Waals surface area contributed by atoms with Crippen LogP contribution in [0, 0.1) is 0 Å². The largest absolute Gasteiger partial charge is 0.534 e. The number of hydrogen-bond donors (Lipinski definition) is 3. The van der Waals surface area contributed by atoms with Gasteiger partial charge in [-0.15, -0.1) is 0 Å². The Morgan fingerprint density at radius 2 is 0.620 bits per heavy atom. The minimum atomic E-state index is -6.46. The molecule has 0 amide bonds. The second kappa shape index (κ2) is 22.4. The molecular weight excluding hydrogens is 1130 g/mol. The van der Waals surface area contributed by atoms with Crippen molar-refractivity contribution in [1.29, 1.82) is 0 Å². The third-order valence-electron chi connectivity index (χ3n) is 12.6. The maximum atomic E-state index is 14.1. The highest BCUT2D eigenvalue weighted by Gasteiger charge is 2.51. The van der Waals surface area contributed by atoms with E-state index in [1.807, 2.05) is 0 Å². The summed E-state index contributed by atoms with van der Waals surface area (Å²) in [5, 5.41) is 10.2. The van der Waals surface area contributed by atoms with Gasteiger partial charge in [0.15, 0.2) is 34.5 Å². The monoisotopic (exact) mass is 1170 g/mol. The Hall–Kier alpha value is -6.82. The Labute approximate surface area is 446 Å². The van der Waals surface area contributed by atoms with Crippen LogP contribution in [0.5, 0.6) is 51.7 Å². The van der Waals surface area contributed by atoms with Crippen LogP contribution >= 0.6 is 0 Å². The number of rotatable bonds is 6. The van der Waals surface area contributed by atoms with E-state index in [-0.39, 0.29) is 50.6 Å². The zero-order valence-corrected chi connectivity index (χ0v) is 43.3. The summed E-state index contributed by atoms with van der Waals surface area (Å²) in [5.74, 6) is -5.09. The van der Waals surface area contributed by atoms with Crippen molar-refractivity contribution in [3.8, 4) is 51.7 Å². The molecule has 28 rings (SSSR count). The first-order valence-corrected chi connectivity index (χ1v) is 28.1. The fourth-order valence-corrected chi connectivity index (χ4v) is 10.0. The van der Waals surface area contributed by atoms with E-state index in [1.54, 1.807) is 36.4 Å². The average Bonchev–Trinajstić information content (AvgIpc) is 3.51. The van der Waals surface area contributed by atoms with Gasteiger partial charge in [0.1, 0.15) is 17.2 Å². The van der Waals surface area contributed by atoms with E-state index in [1.165, 1.54) is 36.4 Å². The van der Waals surface area contributed by atoms with Crippen LogP contribution < -0.4 is 42.7 Å². The van der Waals surface area contributed by atoms with Gasteiger partial charge < -0.3 is 42.7 Å². The average molecular weight is 1170 g/mol. The highest BCUT2D eigenvalue weighted by Crippen LogP contribution is 2.46. The fraction of sp³-hybridized carbons (Fsp3) is 0.294. The predicted molar refractivity (Wildman–Crippen MR) is 266 cm³/mol. The van der Waals surface area contributed by atoms with Gasteiger partial charge in [-0.25, -0.2) is 0 Å². The van der Waals surface area contributed by atoms with Crippen molar-refractivity contribution >= 4 is 30.4 Å². The number of benzene rings is 6. The lowest BCUT2D eigenvalue weighted by Crippen LogP contribution is -2.40. The quantitative estimate of drug-likeness (QED) is 0.0808. The Kier molecular flexibility index (Phi) is 16.1. The van der Waals surface area contributed by atoms with Crippen molar-refractivity contribution in [3.63, 3.8) is 0 Å². The van der Waals surface area contributed by atoms with Gasteiger partial charge in [-0.3, -0.25) is 4.90 Å². The number of ether oxygens (including phenoxy) is 3. The minimum Gasteiger partial charge on any atom is -0.453 e. The van der Waals surface area contributed by atoms with Crippen molar-refractivity contribution in [3.05, 3.63) is 159 Å². The molecule has 0 aromatic heterocycles. The molecule has 28 heteroatoms. The predicted octanol–water partition coefficient (Wildman–Crippen LogP) is 9.43. The Balaban J connectivity index is 1.32. The summed E-state index contributed by atoms with van der Waals surface area (Å²) < 4.78 is 236. The molecule has 21 aliphatic heterocycles. The molecule has 16 bridgehead atoms. The molecule has 6 aromatic carbocycles. The van der Waals surface area contributed by atoms with Crippen LogP contribution in [0.4, 0.5) is 39.5 Å². The first-order chi connectivity index (χ1) is 37.2. The molecular formula is C51H45F9N4O12S3. The van der Waals surface area contributed by atoms with Gasteiger partial charge in [0.2, 0.25) is 0 Å². The van der Waals surface area contributed by atoms with Gasteiger partial charge in [0, 0.05) is 58.9 Å². The lowest BCUT2D eigenvalue weighted by Gasteiger charge is -2.23. The van der Waals surface area contributed by atoms with E-state index in [2.05, 4.69) is 20.9 Å². The number of halogens is 9. The lowest BCUT2D eigenvalue weighted by molar-refractivity contribution is -0.0505. The smallest absolute Gasteiger partial charge is 0.453 e. The summed E-state index contributed by atoms with van der Waals surface area (Å²) in [6.07, 6.45) is -1.49. The lowest BCUT2D eigenvalue weighted by atomic mass is 9.94. The Morgan fingerprint density at radius 3 is 0.861 bits per heavy atom. The summed E-state index contributed by atoms with van der Waals surface area (Å²) in [6, 6.07) is 24.3. The first kappa shape index (κ1) is 56.9. The van der Waals surface area contributed by atoms with Crippen LogP contribution in [0.3, 0.4) is 0 Å². The van der Waals surface area contributed by atoms with Gasteiger partial charge in [-0.05, 0) is 142 Å². The SMILES string of the molecule is O=S(=O)(Oc1cc2c3cc1Oc1ccc(cc1)CNCCN1CCNCc4ccc(cc4)Oc4cc(c(cc4OS(=O)(=O)C(F)(F)F)Cc4cc(c(OS(=O)(=O)C(F)(F)F)cc4C3)Oc3ccc(cc3)CNCC1)C2)C(F)(F)F. The second-order valence-electron chi connectivity index (χ2n) is 18.3. The van der Waals surface area contributed by atoms with Crippen molar-refractivity contribution in [2.24, 2.45) is 0 Å². The number of hydrogen-bond acceptors (Lipinski definition) is 16. The summed E-state index contributed by atoms with van der Waals surface area (Å²) >= 11 is 0. The van der Waals surface area contributed by atoms with Gasteiger partial charge in [-0.2, -0.15) is 64.8 Å². The van der Waals surface area contributed by atoms with Gasteiger partial charge in [0.25, 0.3) is 0 Å². The molecule has 3 N–H and O–H groups in total. The van der Waals surface area contributed by atoms with Gasteiger partial charge >= 0.3 is 46.9 Å². The number of nitrogens with zero attached hydrogens (tertiary/aromatic N) is 1. The zero-order chi connectivity index (χ0) is 56.5. The molecule has 0 saturated carbocycles. The number of alkyl halides is 9. The van der Waals surface area contributed by atoms with Crippen LogP contribution in [-0.4, -0.2) is 85.9 Å². The van der Waals surface area contributed by atoms with Crippen LogP contribution in [0.1, 0.15) is 50.1 Å². The van der Waals surface area contributed by atoms with Gasteiger partial charge in [0.05, 0.1) is 0 Å². The fourth-order valence-electron chi connectivity index (χ4n) is 8.62. The third-order valence-corrected chi connectivity index (χ3v) is 15.5. The topological polar surface area (TPSA) is 197 Å². The van der Waals surface area contributed by atoms with E-state index in [0.717, 1.165) is 53.1 Å². The van der Waals surface area contributed by atoms with Gasteiger partial charge in [-0.1, -0.05) is 36.4 Å². The molecule has 79 heavy (non-hydrogen) atoms. The highest BCUT2D eigenvalue weighted by molar-refractivity contribution is 7.88. The van der Waals surface area contributed by atoms with Crippen molar-refractivity contribution in [1.82, 2.24) is 20.9 Å². The van der Waals surface area contributed by atoms with Crippen LogP contribution in [-0.2, 0) is 69.3 Å². The standard InChI is InChI=1S/C51H45F9N4O12S3/c52-49(53,54)77(65,66)74-46-25-37-20-35-23-44-48(76-79(69,70)51(58,59)60)27-39(35)21-36-24-45-47(75-78(67,68)50(55,56)57)26-38(36)19-34(37)22-43(46)71-40-7-1-31(2-8-40)28-61-13-16-64(17-14-62-29-32-3-9-41(72-44)10-4-32)18-15-63-30-33-5-11-42(73-45)12-6-33/h1-12,22-27,61-63H,13-21,28-30H2. The molecule has 0 saturated heterocycles. The molecule has 0 atom stereocenters. The van der Waals surface area contributed by atoms with Crippen molar-refractivity contribution in [2.75, 3.05) is 39.3 Å². The number of nitrogens with one attached hydrogen (secondary N) is 3. The molecule has 22 aliphatic rings. The van der Waals surface area contributed by atoms with E-state index < -0.39 is 101 Å². The number of fused-ring (bicyclic) bond motifs is 1. The minimum absolute atomic E-state index is 0.0274. The Bertz CT molecular complexity index is 3200. The summed E-state index contributed by atoms with van der Waals surface area (Å²) in [4.78, 5) is 2.19. The molecule has 0 spiro atoms. The molecule has 1 aliphatic carbocycles. The molecule has 21 heterocycles. The van der Waals surface area contributed by atoms with Crippen LogP contribution in [0.25, 0.3) is 0 Å². The molecule has 422 valence electrons. The van der Waals surface area contributed by atoms with Crippen molar-refractivity contribution < 1.29 is 91.5 Å². The highest BCUT2D eigenvalue weighted by atomic mass is 32.2. The maximum Gasteiger partial charge on any atom is 0.534 e. The van der Waals surface area contributed by atoms with Crippen molar-refractivity contribution in [2.45, 2.75) is 55.4 Å². The summed E-state index contributed by atoms with van der Waals surface area (Å²) in [5.41, 5.74) is -16.0. The normalized spacial score (nSPS) is 16.2. The maximum absolute atomic E-state index is 14.1. The van der Waals surface area contributed by atoms with Crippen LogP contribution in [0.2, 0.25) is 0 Å². The second-order valence-corrected chi connectivity index (χ2v) is 22.9. The molecule has 0 unspecified atom stereocenters. The van der Waals surface area contributed by atoms with E-state index in [4.69, 9.17) is 26.8 Å². The van der Waals surface area contributed by atoms with Crippen LogP contribution in [0.15, 0.2) is 109 Å².